The molecule has 0 bridgehead atoms. The van der Waals surface area contributed by atoms with Crippen LogP contribution in [0.1, 0.15) is 11.3 Å². The first kappa shape index (κ1) is 26.0. The Morgan fingerprint density at radius 1 is 0.478 bits per heavy atom. The van der Waals surface area contributed by atoms with Crippen LogP contribution in [-0.2, 0) is 12.8 Å². The van der Waals surface area contributed by atoms with Gasteiger partial charge in [0.1, 0.15) is 0 Å². The molecule has 46 heavy (non-hydrogen) atoms. The minimum atomic E-state index is 1.03. The molecule has 0 radical (unpaired) electrons. The summed E-state index contributed by atoms with van der Waals surface area (Å²) >= 11 is 1.88. The van der Waals surface area contributed by atoms with Gasteiger partial charge in [0.25, 0.3) is 0 Å². The van der Waals surface area contributed by atoms with Gasteiger partial charge in [-0.25, -0.2) is 0 Å². The highest BCUT2D eigenvalue weighted by Crippen LogP contribution is 2.49. The lowest BCUT2D eigenvalue weighted by Crippen LogP contribution is -2.08. The van der Waals surface area contributed by atoms with Crippen molar-refractivity contribution in [2.24, 2.45) is 0 Å². The van der Waals surface area contributed by atoms with Crippen LogP contribution in [0.5, 0.6) is 0 Å². The van der Waals surface area contributed by atoms with E-state index in [0.29, 0.717) is 0 Å². The van der Waals surface area contributed by atoms with E-state index >= 15 is 0 Å². The molecule has 0 spiro atoms. The Kier molecular flexibility index (Phi) is 5.70. The fourth-order valence-electron chi connectivity index (χ4n) is 7.78. The molecule has 1 aromatic heterocycles. The fourth-order valence-corrected chi connectivity index (χ4v) is 8.91. The van der Waals surface area contributed by atoms with Crippen LogP contribution in [0.2, 0.25) is 0 Å². The minimum absolute atomic E-state index is 1.03. The number of para-hydroxylation sites is 2. The second-order valence-corrected chi connectivity index (χ2v) is 13.5. The SMILES string of the molecule is c1ccc(-n2c3c(c4ccccc42)-c2ccc(-c4ccc(-c5ccc6c(c5)-c5cccc7cccc(c57)S6)cc4)cc2CC3)cc1. The Hall–Kier alpha value is -5.31. The van der Waals surface area contributed by atoms with Crippen LogP contribution in [0.3, 0.4) is 0 Å². The summed E-state index contributed by atoms with van der Waals surface area (Å²) in [6, 6.07) is 56.2. The summed E-state index contributed by atoms with van der Waals surface area (Å²) in [5, 5.41) is 4.02. The molecule has 2 aliphatic rings. The van der Waals surface area contributed by atoms with Crippen LogP contribution in [-0.4, -0.2) is 4.57 Å². The molecule has 0 fully saturated rings. The van der Waals surface area contributed by atoms with Crippen LogP contribution in [0, 0.1) is 0 Å². The molecule has 1 nitrogen and oxygen atoms in total. The fraction of sp³-hybridized carbons (Fsp3) is 0.0455. The summed E-state index contributed by atoms with van der Waals surface area (Å²) in [6.07, 6.45) is 2.07. The van der Waals surface area contributed by atoms with Gasteiger partial charge in [-0.05, 0) is 99.1 Å². The molecule has 2 heterocycles. The highest BCUT2D eigenvalue weighted by Gasteiger charge is 2.25. The largest absolute Gasteiger partial charge is 0.313 e. The molecule has 7 aromatic carbocycles. The van der Waals surface area contributed by atoms with E-state index in [-0.39, 0.29) is 0 Å². The number of hydrogen-bond acceptors (Lipinski definition) is 1. The van der Waals surface area contributed by atoms with Gasteiger partial charge in [0.05, 0.1) is 5.52 Å². The van der Waals surface area contributed by atoms with E-state index in [9.17, 15) is 0 Å². The van der Waals surface area contributed by atoms with E-state index in [2.05, 4.69) is 156 Å². The summed E-state index contributed by atoms with van der Waals surface area (Å²) in [6.45, 7) is 0. The first-order valence-electron chi connectivity index (χ1n) is 16.1. The average Bonchev–Trinajstić information content (AvgIpc) is 3.47. The number of aromatic nitrogens is 1. The van der Waals surface area contributed by atoms with Gasteiger partial charge in [-0.2, -0.15) is 0 Å². The topological polar surface area (TPSA) is 4.93 Å². The lowest BCUT2D eigenvalue weighted by molar-refractivity contribution is 0.866. The van der Waals surface area contributed by atoms with Crippen molar-refractivity contribution in [3.8, 4) is 50.2 Å². The van der Waals surface area contributed by atoms with Gasteiger partial charge in [0.2, 0.25) is 0 Å². The maximum absolute atomic E-state index is 2.47. The molecular formula is C44H29NS. The molecule has 8 aromatic rings. The number of benzene rings is 7. The average molecular weight is 604 g/mol. The number of rotatable bonds is 3. The molecule has 0 atom stereocenters. The molecular weight excluding hydrogens is 575 g/mol. The monoisotopic (exact) mass is 603 g/mol. The summed E-state index contributed by atoms with van der Waals surface area (Å²) < 4.78 is 2.47. The first-order chi connectivity index (χ1) is 22.8. The molecule has 2 heteroatoms. The van der Waals surface area contributed by atoms with Crippen molar-refractivity contribution in [3.63, 3.8) is 0 Å². The van der Waals surface area contributed by atoms with Crippen molar-refractivity contribution in [1.82, 2.24) is 4.57 Å². The zero-order chi connectivity index (χ0) is 30.2. The zero-order valence-corrected chi connectivity index (χ0v) is 26.0. The molecule has 1 aliphatic heterocycles. The van der Waals surface area contributed by atoms with Gasteiger partial charge in [-0.1, -0.05) is 127 Å². The van der Waals surface area contributed by atoms with Crippen LogP contribution >= 0.6 is 11.8 Å². The Labute approximate surface area is 272 Å². The van der Waals surface area contributed by atoms with E-state index in [1.165, 1.54) is 92.9 Å². The van der Waals surface area contributed by atoms with Gasteiger partial charge >= 0.3 is 0 Å². The second kappa shape index (κ2) is 10.1. The van der Waals surface area contributed by atoms with Crippen molar-refractivity contribution < 1.29 is 0 Å². The van der Waals surface area contributed by atoms with E-state index in [1.807, 2.05) is 11.8 Å². The minimum Gasteiger partial charge on any atom is -0.313 e. The summed E-state index contributed by atoms with van der Waals surface area (Å²) in [7, 11) is 0. The first-order valence-corrected chi connectivity index (χ1v) is 16.9. The molecule has 0 unspecified atom stereocenters. The van der Waals surface area contributed by atoms with Crippen molar-refractivity contribution >= 4 is 33.4 Å². The van der Waals surface area contributed by atoms with Crippen molar-refractivity contribution in [2.75, 3.05) is 0 Å². The summed E-state index contributed by atoms with van der Waals surface area (Å²) in [4.78, 5) is 2.68. The third-order valence-electron chi connectivity index (χ3n) is 9.90. The molecule has 10 rings (SSSR count). The van der Waals surface area contributed by atoms with Crippen LogP contribution in [0.4, 0.5) is 0 Å². The van der Waals surface area contributed by atoms with Crippen molar-refractivity contribution in [1.29, 1.82) is 0 Å². The van der Waals surface area contributed by atoms with Gasteiger partial charge < -0.3 is 4.57 Å². The van der Waals surface area contributed by atoms with Crippen LogP contribution < -0.4 is 0 Å². The Morgan fingerprint density at radius 3 is 2.04 bits per heavy atom. The highest BCUT2D eigenvalue weighted by atomic mass is 32.2. The number of fused-ring (bicyclic) bond motifs is 7. The van der Waals surface area contributed by atoms with Gasteiger partial charge in [-0.3, -0.25) is 0 Å². The number of nitrogens with zero attached hydrogens (tertiary/aromatic N) is 1. The molecule has 0 N–H and O–H groups in total. The van der Waals surface area contributed by atoms with E-state index in [0.717, 1.165) is 12.8 Å². The number of aryl methyl sites for hydroxylation is 1. The molecule has 1 aliphatic carbocycles. The molecule has 216 valence electrons. The van der Waals surface area contributed by atoms with Gasteiger partial charge in [0, 0.05) is 37.5 Å². The quantitative estimate of drug-likeness (QED) is 0.194. The Morgan fingerprint density at radius 2 is 1.20 bits per heavy atom. The second-order valence-electron chi connectivity index (χ2n) is 12.4. The van der Waals surface area contributed by atoms with Crippen molar-refractivity contribution in [2.45, 2.75) is 22.6 Å². The molecule has 0 amide bonds. The van der Waals surface area contributed by atoms with Gasteiger partial charge in [0.15, 0.2) is 0 Å². The van der Waals surface area contributed by atoms with E-state index in [4.69, 9.17) is 0 Å². The lowest BCUT2D eigenvalue weighted by atomic mass is 9.86. The lowest BCUT2D eigenvalue weighted by Gasteiger charge is -2.21. The Bertz CT molecular complexity index is 2480. The zero-order valence-electron chi connectivity index (χ0n) is 25.2. The smallest absolute Gasteiger partial charge is 0.0537 e. The highest BCUT2D eigenvalue weighted by molar-refractivity contribution is 7.99. The maximum Gasteiger partial charge on any atom is 0.0537 e. The maximum atomic E-state index is 2.47. The van der Waals surface area contributed by atoms with E-state index in [1.54, 1.807) is 0 Å². The Balaban J connectivity index is 1.01. The summed E-state index contributed by atoms with van der Waals surface area (Å²) in [5.74, 6) is 0. The molecule has 0 saturated heterocycles. The standard InChI is InChI=1S/C44H29NS/c1-2-10-34(11-3-1)45-39-14-5-4-12-37(39)44-35-23-20-31(26-33(35)21-24-40(44)45)28-16-18-29(19-17-28)32-22-25-41-38(27-32)36-13-6-8-30-9-7-15-42(46-41)43(30)36/h1-20,22-23,25-27H,21,24H2. The summed E-state index contributed by atoms with van der Waals surface area (Å²) in [5.41, 5.74) is 15.9. The molecule has 0 saturated carbocycles. The van der Waals surface area contributed by atoms with Crippen molar-refractivity contribution in [3.05, 3.63) is 163 Å². The third-order valence-corrected chi connectivity index (χ3v) is 11.0. The number of hydrogen-bond donors (Lipinski definition) is 0. The van der Waals surface area contributed by atoms with Crippen LogP contribution in [0.15, 0.2) is 161 Å². The predicted octanol–water partition coefficient (Wildman–Crippen LogP) is 12.0. The van der Waals surface area contributed by atoms with Gasteiger partial charge in [-0.15, -0.1) is 0 Å². The van der Waals surface area contributed by atoms with E-state index < -0.39 is 0 Å². The van der Waals surface area contributed by atoms with Crippen LogP contribution in [0.25, 0.3) is 71.9 Å². The normalized spacial score (nSPS) is 13.0. The third kappa shape index (κ3) is 3.90. The predicted molar refractivity (Wildman–Crippen MR) is 194 cm³/mol.